The maximum atomic E-state index is 11.7. The van der Waals surface area contributed by atoms with E-state index in [4.69, 9.17) is 21.4 Å². The second kappa shape index (κ2) is 7.71. The summed E-state index contributed by atoms with van der Waals surface area (Å²) in [6, 6.07) is 14.2. The summed E-state index contributed by atoms with van der Waals surface area (Å²) in [6.45, 7) is 3.52. The molecule has 142 valence electrons. The van der Waals surface area contributed by atoms with Crippen molar-refractivity contribution in [2.45, 2.75) is 44.4 Å². The van der Waals surface area contributed by atoms with Crippen LogP contribution < -0.4 is 5.32 Å². The van der Waals surface area contributed by atoms with Gasteiger partial charge in [-0.25, -0.2) is 4.79 Å². The molecule has 1 aliphatic rings. The van der Waals surface area contributed by atoms with E-state index in [1.807, 2.05) is 31.2 Å². The lowest BCUT2D eigenvalue weighted by Crippen LogP contribution is -2.50. The van der Waals surface area contributed by atoms with Gasteiger partial charge in [-0.1, -0.05) is 35.9 Å². The number of carbonyl (C=O) groups is 2. The van der Waals surface area contributed by atoms with E-state index in [-0.39, 0.29) is 23.7 Å². The summed E-state index contributed by atoms with van der Waals surface area (Å²) in [5, 5.41) is 12.8. The monoisotopic (exact) mass is 387 g/mol. The number of hydrogen-bond acceptors (Lipinski definition) is 3. The van der Waals surface area contributed by atoms with Crippen molar-refractivity contribution in [1.29, 1.82) is 0 Å². The lowest BCUT2D eigenvalue weighted by molar-refractivity contribution is -0.126. The van der Waals surface area contributed by atoms with Gasteiger partial charge >= 0.3 is 5.97 Å². The molecule has 1 heterocycles. The molecule has 27 heavy (non-hydrogen) atoms. The molecule has 6 heteroatoms. The van der Waals surface area contributed by atoms with E-state index in [2.05, 4.69) is 5.32 Å². The highest BCUT2D eigenvalue weighted by Crippen LogP contribution is 2.43. The summed E-state index contributed by atoms with van der Waals surface area (Å²) in [7, 11) is 0. The van der Waals surface area contributed by atoms with Crippen molar-refractivity contribution in [3.8, 4) is 0 Å². The zero-order valence-corrected chi connectivity index (χ0v) is 16.0. The van der Waals surface area contributed by atoms with Gasteiger partial charge in [0.25, 0.3) is 0 Å². The van der Waals surface area contributed by atoms with Gasteiger partial charge in [0, 0.05) is 30.3 Å². The maximum absolute atomic E-state index is 11.7. The van der Waals surface area contributed by atoms with Crippen LogP contribution in [0.2, 0.25) is 5.02 Å². The first-order valence-electron chi connectivity index (χ1n) is 8.79. The van der Waals surface area contributed by atoms with E-state index in [1.54, 1.807) is 24.3 Å². The van der Waals surface area contributed by atoms with Crippen LogP contribution in [-0.4, -0.2) is 22.5 Å². The lowest BCUT2D eigenvalue weighted by atomic mass is 9.81. The highest BCUT2D eigenvalue weighted by molar-refractivity contribution is 6.30. The van der Waals surface area contributed by atoms with Gasteiger partial charge in [0.1, 0.15) is 0 Å². The maximum Gasteiger partial charge on any atom is 0.335 e. The number of nitrogens with one attached hydrogen (secondary N) is 1. The molecule has 3 atom stereocenters. The molecular formula is C21H22ClNO4. The van der Waals surface area contributed by atoms with E-state index < -0.39 is 11.5 Å². The van der Waals surface area contributed by atoms with Gasteiger partial charge in [0.15, 0.2) is 0 Å². The molecular weight excluding hydrogens is 366 g/mol. The van der Waals surface area contributed by atoms with E-state index in [1.165, 1.54) is 6.92 Å². The Labute approximate surface area is 163 Å². The Morgan fingerprint density at radius 3 is 1.96 bits per heavy atom. The number of carboxylic acids is 1. The SMILES string of the molecule is CC(=O)N[C@]1(C)C[C@@H](c2ccc(Cl)cc2)O[C@@H](c2ccc(C(=O)O)cc2)C1. The fourth-order valence-electron chi connectivity index (χ4n) is 3.63. The second-order valence-electron chi connectivity index (χ2n) is 7.24. The minimum absolute atomic E-state index is 0.0887. The number of hydrogen-bond donors (Lipinski definition) is 2. The smallest absolute Gasteiger partial charge is 0.335 e. The first-order valence-corrected chi connectivity index (χ1v) is 9.16. The van der Waals surface area contributed by atoms with Crippen LogP contribution in [-0.2, 0) is 9.53 Å². The number of aromatic carboxylic acids is 1. The van der Waals surface area contributed by atoms with Crippen LogP contribution in [0.4, 0.5) is 0 Å². The molecule has 1 saturated heterocycles. The topological polar surface area (TPSA) is 75.6 Å². The normalized spacial score (nSPS) is 25.0. The van der Waals surface area contributed by atoms with Crippen LogP contribution in [0.1, 0.15) is 60.4 Å². The van der Waals surface area contributed by atoms with Gasteiger partial charge < -0.3 is 15.2 Å². The standard InChI is InChI=1S/C21H22ClNO4/c1-13(24)23-21(2)11-18(14-3-5-16(6-4-14)20(25)26)27-19(12-21)15-7-9-17(22)10-8-15/h3-10,18-19H,11-12H2,1-2H3,(H,23,24)(H,25,26)/t18-,19+,21+/m1/s1. The van der Waals surface area contributed by atoms with Crippen LogP contribution in [0.5, 0.6) is 0 Å². The Bertz CT molecular complexity index is 834. The Morgan fingerprint density at radius 1 is 1.04 bits per heavy atom. The number of halogens is 1. The zero-order chi connectivity index (χ0) is 19.6. The third-order valence-electron chi connectivity index (χ3n) is 4.85. The van der Waals surface area contributed by atoms with E-state index in [9.17, 15) is 9.59 Å². The number of benzene rings is 2. The molecule has 0 bridgehead atoms. The lowest BCUT2D eigenvalue weighted by Gasteiger charge is -2.43. The summed E-state index contributed by atoms with van der Waals surface area (Å²) in [4.78, 5) is 22.8. The Morgan fingerprint density at radius 2 is 1.52 bits per heavy atom. The highest BCUT2D eigenvalue weighted by Gasteiger charge is 2.39. The van der Waals surface area contributed by atoms with E-state index in [0.717, 1.165) is 11.1 Å². The average Bonchev–Trinajstić information content (AvgIpc) is 2.61. The quantitative estimate of drug-likeness (QED) is 0.808. The summed E-state index contributed by atoms with van der Waals surface area (Å²) < 4.78 is 6.33. The Balaban J connectivity index is 1.91. The van der Waals surface area contributed by atoms with Gasteiger partial charge in [-0.2, -0.15) is 0 Å². The summed E-state index contributed by atoms with van der Waals surface area (Å²) in [6.07, 6.45) is 0.761. The van der Waals surface area contributed by atoms with E-state index >= 15 is 0 Å². The van der Waals surface area contributed by atoms with Crippen molar-refractivity contribution < 1.29 is 19.4 Å². The first kappa shape index (κ1) is 19.4. The molecule has 0 radical (unpaired) electrons. The van der Waals surface area contributed by atoms with Gasteiger partial charge in [0.2, 0.25) is 5.91 Å². The van der Waals surface area contributed by atoms with Gasteiger partial charge in [-0.15, -0.1) is 0 Å². The van der Waals surface area contributed by atoms with Crippen molar-refractivity contribution in [2.75, 3.05) is 0 Å². The predicted octanol–water partition coefficient (Wildman–Crippen LogP) is 4.53. The summed E-state index contributed by atoms with van der Waals surface area (Å²) in [5.41, 5.74) is 1.66. The number of carbonyl (C=O) groups excluding carboxylic acids is 1. The third kappa shape index (κ3) is 4.67. The molecule has 5 nitrogen and oxygen atoms in total. The number of ether oxygens (including phenoxy) is 1. The van der Waals surface area contributed by atoms with Crippen molar-refractivity contribution in [1.82, 2.24) is 5.32 Å². The number of carboxylic acid groups (broad SMARTS) is 1. The molecule has 0 aromatic heterocycles. The van der Waals surface area contributed by atoms with Crippen molar-refractivity contribution in [2.24, 2.45) is 0 Å². The first-order chi connectivity index (χ1) is 12.8. The molecule has 1 fully saturated rings. The Hall–Kier alpha value is -2.37. The summed E-state index contributed by atoms with van der Waals surface area (Å²) in [5.74, 6) is -1.05. The van der Waals surface area contributed by atoms with Crippen molar-refractivity contribution in [3.63, 3.8) is 0 Å². The third-order valence-corrected chi connectivity index (χ3v) is 5.10. The molecule has 3 rings (SSSR count). The number of amides is 1. The fourth-order valence-corrected chi connectivity index (χ4v) is 3.76. The minimum Gasteiger partial charge on any atom is -0.478 e. The molecule has 0 spiro atoms. The van der Waals surface area contributed by atoms with Gasteiger partial charge in [-0.05, 0) is 42.3 Å². The average molecular weight is 388 g/mol. The molecule has 0 aliphatic carbocycles. The van der Waals surface area contributed by atoms with Crippen LogP contribution in [0.25, 0.3) is 0 Å². The molecule has 2 aromatic carbocycles. The van der Waals surface area contributed by atoms with E-state index in [0.29, 0.717) is 17.9 Å². The molecule has 0 unspecified atom stereocenters. The summed E-state index contributed by atoms with van der Waals surface area (Å²) >= 11 is 5.99. The minimum atomic E-state index is -0.965. The predicted molar refractivity (Wildman–Crippen MR) is 103 cm³/mol. The molecule has 1 amide bonds. The van der Waals surface area contributed by atoms with Crippen LogP contribution in [0.15, 0.2) is 48.5 Å². The molecule has 0 saturated carbocycles. The zero-order valence-electron chi connectivity index (χ0n) is 15.2. The van der Waals surface area contributed by atoms with Crippen LogP contribution in [0, 0.1) is 0 Å². The molecule has 2 N–H and O–H groups in total. The highest BCUT2D eigenvalue weighted by atomic mass is 35.5. The Kier molecular flexibility index (Phi) is 5.53. The van der Waals surface area contributed by atoms with Crippen molar-refractivity contribution in [3.05, 3.63) is 70.2 Å². The largest absolute Gasteiger partial charge is 0.478 e. The second-order valence-corrected chi connectivity index (χ2v) is 7.68. The van der Waals surface area contributed by atoms with Crippen LogP contribution in [0.3, 0.4) is 0 Å². The molecule has 1 aliphatic heterocycles. The fraction of sp³-hybridized carbons (Fsp3) is 0.333. The van der Waals surface area contributed by atoms with Crippen molar-refractivity contribution >= 4 is 23.5 Å². The van der Waals surface area contributed by atoms with Crippen LogP contribution >= 0.6 is 11.6 Å². The van der Waals surface area contributed by atoms with Gasteiger partial charge in [0.05, 0.1) is 17.8 Å². The molecule has 2 aromatic rings. The van der Waals surface area contributed by atoms with Gasteiger partial charge in [-0.3, -0.25) is 4.79 Å². The number of rotatable bonds is 4.